The Morgan fingerprint density at radius 1 is 1.23 bits per heavy atom. The topological polar surface area (TPSA) is 48.9 Å². The van der Waals surface area contributed by atoms with Crippen molar-refractivity contribution in [3.05, 3.63) is 0 Å². The van der Waals surface area contributed by atoms with Crippen LogP contribution in [0.25, 0.3) is 0 Å². The van der Waals surface area contributed by atoms with Gasteiger partial charge in [-0.3, -0.25) is 4.99 Å². The van der Waals surface area contributed by atoms with Gasteiger partial charge in [-0.05, 0) is 65.6 Å². The molecule has 0 radical (unpaired) electrons. The van der Waals surface area contributed by atoms with E-state index in [0.29, 0.717) is 6.54 Å². The molecule has 22 heavy (non-hydrogen) atoms. The Morgan fingerprint density at radius 3 is 2.45 bits per heavy atom. The first kappa shape index (κ1) is 19.2. The molecule has 130 valence electrons. The minimum Gasteiger partial charge on any atom is -0.377 e. The van der Waals surface area contributed by atoms with Gasteiger partial charge < -0.3 is 20.3 Å². The van der Waals surface area contributed by atoms with Crippen LogP contribution in [0.15, 0.2) is 4.99 Å². The number of nitrogens with zero attached hydrogens (tertiary/aromatic N) is 2. The van der Waals surface area contributed by atoms with Crippen LogP contribution in [0, 0.1) is 5.92 Å². The van der Waals surface area contributed by atoms with Crippen molar-refractivity contribution < 1.29 is 4.74 Å². The number of guanidine groups is 1. The number of hydrogen-bond donors (Lipinski definition) is 2. The Labute approximate surface area is 136 Å². The predicted molar refractivity (Wildman–Crippen MR) is 94.5 cm³/mol. The van der Waals surface area contributed by atoms with Crippen molar-refractivity contribution in [3.63, 3.8) is 0 Å². The Morgan fingerprint density at radius 2 is 1.91 bits per heavy atom. The summed E-state index contributed by atoms with van der Waals surface area (Å²) < 4.78 is 5.42. The van der Waals surface area contributed by atoms with Crippen LogP contribution < -0.4 is 10.6 Å². The van der Waals surface area contributed by atoms with E-state index in [4.69, 9.17) is 4.74 Å². The molecule has 0 saturated carbocycles. The van der Waals surface area contributed by atoms with E-state index in [1.54, 1.807) is 7.11 Å². The highest BCUT2D eigenvalue weighted by Crippen LogP contribution is 2.19. The van der Waals surface area contributed by atoms with Gasteiger partial charge in [0, 0.05) is 20.2 Å². The number of aliphatic imine (C=N–C) groups is 1. The summed E-state index contributed by atoms with van der Waals surface area (Å²) in [5.41, 5.74) is -0.213. The minimum atomic E-state index is -0.213. The summed E-state index contributed by atoms with van der Waals surface area (Å²) >= 11 is 0. The Balaban J connectivity index is 2.31. The zero-order valence-corrected chi connectivity index (χ0v) is 15.2. The molecule has 0 atom stereocenters. The first-order chi connectivity index (χ1) is 10.5. The highest BCUT2D eigenvalue weighted by atomic mass is 16.5. The number of hydrogen-bond acceptors (Lipinski definition) is 3. The molecule has 0 unspecified atom stereocenters. The number of rotatable bonds is 8. The second kappa shape index (κ2) is 10.1. The van der Waals surface area contributed by atoms with Crippen molar-refractivity contribution in [1.29, 1.82) is 0 Å². The molecule has 1 heterocycles. The molecule has 0 amide bonds. The molecule has 1 rings (SSSR count). The lowest BCUT2D eigenvalue weighted by Crippen LogP contribution is -2.40. The van der Waals surface area contributed by atoms with Crippen molar-refractivity contribution in [1.82, 2.24) is 15.5 Å². The van der Waals surface area contributed by atoms with E-state index in [2.05, 4.69) is 48.2 Å². The van der Waals surface area contributed by atoms with Gasteiger partial charge in [-0.15, -0.1) is 0 Å². The lowest BCUT2D eigenvalue weighted by Gasteiger charge is -2.31. The van der Waals surface area contributed by atoms with E-state index in [0.717, 1.165) is 25.0 Å². The van der Waals surface area contributed by atoms with E-state index in [1.807, 2.05) is 0 Å². The molecule has 5 nitrogen and oxygen atoms in total. The van der Waals surface area contributed by atoms with Gasteiger partial charge in [0.1, 0.15) is 0 Å². The van der Waals surface area contributed by atoms with Crippen LogP contribution in [0.2, 0.25) is 0 Å². The molecular formula is C17H36N4O. The van der Waals surface area contributed by atoms with Crippen LogP contribution in [0.5, 0.6) is 0 Å². The standard InChI is InChI=1S/C17H36N4O/c1-6-18-16(20-14-17(3,4)22-5)19-11-8-15-9-12-21(7-2)13-10-15/h15H,6-14H2,1-5H3,(H2,18,19,20). The van der Waals surface area contributed by atoms with Crippen LogP contribution >= 0.6 is 0 Å². The molecule has 1 saturated heterocycles. The predicted octanol–water partition coefficient (Wildman–Crippen LogP) is 2.09. The van der Waals surface area contributed by atoms with Gasteiger partial charge in [-0.2, -0.15) is 0 Å². The highest BCUT2D eigenvalue weighted by Gasteiger charge is 2.18. The van der Waals surface area contributed by atoms with Gasteiger partial charge >= 0.3 is 0 Å². The van der Waals surface area contributed by atoms with Crippen molar-refractivity contribution >= 4 is 5.96 Å². The summed E-state index contributed by atoms with van der Waals surface area (Å²) in [4.78, 5) is 7.17. The molecule has 0 aliphatic carbocycles. The quantitative estimate of drug-likeness (QED) is 0.532. The van der Waals surface area contributed by atoms with E-state index in [1.165, 1.54) is 38.9 Å². The number of ether oxygens (including phenoxy) is 1. The van der Waals surface area contributed by atoms with Gasteiger partial charge in [-0.25, -0.2) is 0 Å². The number of likely N-dealkylation sites (tertiary alicyclic amines) is 1. The van der Waals surface area contributed by atoms with Crippen molar-refractivity contribution in [2.24, 2.45) is 10.9 Å². The molecular weight excluding hydrogens is 276 g/mol. The van der Waals surface area contributed by atoms with Gasteiger partial charge in [0.05, 0.1) is 12.1 Å². The van der Waals surface area contributed by atoms with Gasteiger partial charge in [0.2, 0.25) is 0 Å². The van der Waals surface area contributed by atoms with Crippen LogP contribution in [0.4, 0.5) is 0 Å². The van der Waals surface area contributed by atoms with E-state index in [-0.39, 0.29) is 5.60 Å². The zero-order chi connectivity index (χ0) is 16.4. The van der Waals surface area contributed by atoms with Crippen LogP contribution in [-0.2, 0) is 4.74 Å². The molecule has 0 aromatic carbocycles. The molecule has 0 spiro atoms. The number of piperidine rings is 1. The van der Waals surface area contributed by atoms with Crippen LogP contribution in [0.1, 0.15) is 47.0 Å². The first-order valence-corrected chi connectivity index (χ1v) is 8.80. The molecule has 5 heteroatoms. The molecule has 1 aliphatic heterocycles. The Hall–Kier alpha value is -0.810. The average molecular weight is 313 g/mol. The minimum absolute atomic E-state index is 0.213. The summed E-state index contributed by atoms with van der Waals surface area (Å²) in [5.74, 6) is 1.76. The highest BCUT2D eigenvalue weighted by molar-refractivity contribution is 5.79. The molecule has 0 aromatic heterocycles. The lowest BCUT2D eigenvalue weighted by atomic mass is 9.93. The molecule has 0 aromatic rings. The van der Waals surface area contributed by atoms with Crippen molar-refractivity contribution in [2.75, 3.05) is 46.4 Å². The second-order valence-corrected chi connectivity index (χ2v) is 6.75. The molecule has 0 bridgehead atoms. The van der Waals surface area contributed by atoms with Gasteiger partial charge in [0.15, 0.2) is 5.96 Å². The number of nitrogens with one attached hydrogen (secondary N) is 2. The molecule has 1 fully saturated rings. The van der Waals surface area contributed by atoms with E-state index >= 15 is 0 Å². The third-order valence-corrected chi connectivity index (χ3v) is 4.51. The monoisotopic (exact) mass is 312 g/mol. The fraction of sp³-hybridized carbons (Fsp3) is 0.941. The largest absolute Gasteiger partial charge is 0.377 e. The summed E-state index contributed by atoms with van der Waals surface area (Å²) in [6.07, 6.45) is 3.90. The fourth-order valence-electron chi connectivity index (χ4n) is 2.66. The SMILES string of the molecule is CCNC(=NCC(C)(C)OC)NCCC1CCN(CC)CC1. The molecule has 1 aliphatic rings. The third kappa shape index (κ3) is 7.45. The van der Waals surface area contributed by atoms with E-state index in [9.17, 15) is 0 Å². The van der Waals surface area contributed by atoms with Crippen molar-refractivity contribution in [3.8, 4) is 0 Å². The maximum Gasteiger partial charge on any atom is 0.191 e. The summed E-state index contributed by atoms with van der Waals surface area (Å²) in [7, 11) is 1.73. The van der Waals surface area contributed by atoms with Crippen LogP contribution in [0.3, 0.4) is 0 Å². The summed E-state index contributed by atoms with van der Waals surface area (Å²) in [6.45, 7) is 14.7. The maximum absolute atomic E-state index is 5.42. The number of methoxy groups -OCH3 is 1. The van der Waals surface area contributed by atoms with Crippen molar-refractivity contribution in [2.45, 2.75) is 52.6 Å². The smallest absolute Gasteiger partial charge is 0.191 e. The lowest BCUT2D eigenvalue weighted by molar-refractivity contribution is 0.0310. The second-order valence-electron chi connectivity index (χ2n) is 6.75. The Bertz CT molecular complexity index is 323. The normalized spacial score (nSPS) is 18.5. The first-order valence-electron chi connectivity index (χ1n) is 8.80. The average Bonchev–Trinajstić information content (AvgIpc) is 2.53. The maximum atomic E-state index is 5.42. The summed E-state index contributed by atoms with van der Waals surface area (Å²) in [6, 6.07) is 0. The molecule has 2 N–H and O–H groups in total. The summed E-state index contributed by atoms with van der Waals surface area (Å²) in [5, 5.41) is 6.77. The van der Waals surface area contributed by atoms with E-state index < -0.39 is 0 Å². The Kier molecular flexibility index (Phi) is 8.79. The zero-order valence-electron chi connectivity index (χ0n) is 15.2. The fourth-order valence-corrected chi connectivity index (χ4v) is 2.66. The third-order valence-electron chi connectivity index (χ3n) is 4.51. The van der Waals surface area contributed by atoms with Gasteiger partial charge in [0.25, 0.3) is 0 Å². The van der Waals surface area contributed by atoms with Gasteiger partial charge in [-0.1, -0.05) is 6.92 Å². The van der Waals surface area contributed by atoms with Crippen LogP contribution in [-0.4, -0.2) is 62.8 Å².